The molecule has 0 bridgehead atoms. The fourth-order valence-electron chi connectivity index (χ4n) is 1.91. The van der Waals surface area contributed by atoms with Gasteiger partial charge in [-0.05, 0) is 12.1 Å². The van der Waals surface area contributed by atoms with Gasteiger partial charge in [-0.3, -0.25) is 4.79 Å². The number of hydrogen-bond acceptors (Lipinski definition) is 3. The van der Waals surface area contributed by atoms with Gasteiger partial charge >= 0.3 is 5.97 Å². The molecule has 4 nitrogen and oxygen atoms in total. The lowest BCUT2D eigenvalue weighted by molar-refractivity contribution is -0.117. The van der Waals surface area contributed by atoms with E-state index in [1.807, 2.05) is 0 Å². The molecule has 1 aromatic rings. The minimum atomic E-state index is -1.37. The predicted octanol–water partition coefficient (Wildman–Crippen LogP) is 2.21. The molecule has 1 aromatic carbocycles. The molecule has 1 unspecified atom stereocenters. The SMILES string of the molecule is O=C(O)c1c(Cl)ccc(F)c1N1CC(S)CC1=O. The first-order chi connectivity index (χ1) is 8.41. The molecule has 0 saturated carbocycles. The highest BCUT2D eigenvalue weighted by Crippen LogP contribution is 2.34. The van der Waals surface area contributed by atoms with E-state index in [1.165, 1.54) is 0 Å². The van der Waals surface area contributed by atoms with Crippen molar-refractivity contribution in [2.75, 3.05) is 11.4 Å². The molecule has 1 saturated heterocycles. The monoisotopic (exact) mass is 289 g/mol. The molecule has 18 heavy (non-hydrogen) atoms. The van der Waals surface area contributed by atoms with Crippen molar-refractivity contribution in [1.29, 1.82) is 0 Å². The van der Waals surface area contributed by atoms with Crippen LogP contribution >= 0.6 is 24.2 Å². The number of aromatic carboxylic acids is 1. The Morgan fingerprint density at radius 1 is 1.56 bits per heavy atom. The Morgan fingerprint density at radius 2 is 2.22 bits per heavy atom. The zero-order valence-electron chi connectivity index (χ0n) is 9.06. The van der Waals surface area contributed by atoms with Gasteiger partial charge in [0.1, 0.15) is 11.4 Å². The van der Waals surface area contributed by atoms with E-state index in [-0.39, 0.29) is 34.8 Å². The van der Waals surface area contributed by atoms with Crippen LogP contribution in [0.5, 0.6) is 0 Å². The fraction of sp³-hybridized carbons (Fsp3) is 0.273. The number of anilines is 1. The highest BCUT2D eigenvalue weighted by Gasteiger charge is 2.34. The Kier molecular flexibility index (Phi) is 3.49. The summed E-state index contributed by atoms with van der Waals surface area (Å²) in [5.41, 5.74) is -0.677. The molecule has 96 valence electrons. The maximum Gasteiger partial charge on any atom is 0.339 e. The number of thiol groups is 1. The molecule has 1 amide bonds. The summed E-state index contributed by atoms with van der Waals surface area (Å²) >= 11 is 9.90. The molecule has 2 rings (SSSR count). The second kappa shape index (κ2) is 4.78. The number of rotatable bonds is 2. The number of hydrogen-bond donors (Lipinski definition) is 2. The number of carboxylic acids is 1. The van der Waals surface area contributed by atoms with Gasteiger partial charge in [0.15, 0.2) is 0 Å². The van der Waals surface area contributed by atoms with Gasteiger partial charge in [-0.25, -0.2) is 9.18 Å². The van der Waals surface area contributed by atoms with Crippen LogP contribution in [0.2, 0.25) is 5.02 Å². The van der Waals surface area contributed by atoms with E-state index in [9.17, 15) is 14.0 Å². The predicted molar refractivity (Wildman–Crippen MR) is 68.1 cm³/mol. The normalized spacial score (nSPS) is 19.4. The Hall–Kier alpha value is -1.27. The highest BCUT2D eigenvalue weighted by molar-refractivity contribution is 7.81. The van der Waals surface area contributed by atoms with Crippen molar-refractivity contribution in [2.45, 2.75) is 11.7 Å². The van der Waals surface area contributed by atoms with Gasteiger partial charge in [0, 0.05) is 18.2 Å². The number of amides is 1. The summed E-state index contributed by atoms with van der Waals surface area (Å²) in [6, 6.07) is 2.20. The number of nitrogens with zero attached hydrogens (tertiary/aromatic N) is 1. The molecular formula is C11H9ClFNO3S. The van der Waals surface area contributed by atoms with Crippen LogP contribution in [0, 0.1) is 5.82 Å². The minimum absolute atomic E-state index is 0.102. The maximum absolute atomic E-state index is 13.8. The lowest BCUT2D eigenvalue weighted by atomic mass is 10.1. The maximum atomic E-state index is 13.8. The highest BCUT2D eigenvalue weighted by atomic mass is 35.5. The number of carboxylic acid groups (broad SMARTS) is 1. The number of carbonyl (C=O) groups is 2. The van der Waals surface area contributed by atoms with E-state index >= 15 is 0 Å². The number of halogens is 2. The lowest BCUT2D eigenvalue weighted by Gasteiger charge is -2.19. The summed E-state index contributed by atoms with van der Waals surface area (Å²) in [4.78, 5) is 23.9. The molecular weight excluding hydrogens is 281 g/mol. The summed E-state index contributed by atoms with van der Waals surface area (Å²) < 4.78 is 13.8. The largest absolute Gasteiger partial charge is 0.478 e. The summed E-state index contributed by atoms with van der Waals surface area (Å²) in [6.07, 6.45) is 0.147. The van der Waals surface area contributed by atoms with Crippen molar-refractivity contribution in [1.82, 2.24) is 0 Å². The first-order valence-corrected chi connectivity index (χ1v) is 6.01. The first kappa shape index (κ1) is 13.2. The summed E-state index contributed by atoms with van der Waals surface area (Å²) in [5.74, 6) is -2.52. The molecule has 7 heteroatoms. The van der Waals surface area contributed by atoms with Crippen molar-refractivity contribution in [3.05, 3.63) is 28.5 Å². The van der Waals surface area contributed by atoms with Crippen LogP contribution in [0.25, 0.3) is 0 Å². The third kappa shape index (κ3) is 2.18. The van der Waals surface area contributed by atoms with E-state index in [0.29, 0.717) is 0 Å². The van der Waals surface area contributed by atoms with Crippen molar-refractivity contribution >= 4 is 41.8 Å². The smallest absolute Gasteiger partial charge is 0.339 e. The average molecular weight is 290 g/mol. The van der Waals surface area contributed by atoms with Crippen LogP contribution in [0.1, 0.15) is 16.8 Å². The molecule has 0 aliphatic carbocycles. The van der Waals surface area contributed by atoms with Gasteiger partial charge in [0.25, 0.3) is 0 Å². The van der Waals surface area contributed by atoms with E-state index in [0.717, 1.165) is 17.0 Å². The molecule has 1 N–H and O–H groups in total. The third-order valence-corrected chi connectivity index (χ3v) is 3.33. The van der Waals surface area contributed by atoms with Crippen LogP contribution in [-0.4, -0.2) is 28.8 Å². The topological polar surface area (TPSA) is 57.6 Å². The van der Waals surface area contributed by atoms with Crippen LogP contribution in [-0.2, 0) is 4.79 Å². The zero-order valence-corrected chi connectivity index (χ0v) is 10.7. The molecule has 1 heterocycles. The minimum Gasteiger partial charge on any atom is -0.478 e. The molecule has 1 atom stereocenters. The third-order valence-electron chi connectivity index (χ3n) is 2.67. The first-order valence-electron chi connectivity index (χ1n) is 5.11. The van der Waals surface area contributed by atoms with Gasteiger partial charge in [-0.2, -0.15) is 12.6 Å². The van der Waals surface area contributed by atoms with E-state index in [1.54, 1.807) is 0 Å². The van der Waals surface area contributed by atoms with Gasteiger partial charge in [-0.15, -0.1) is 0 Å². The molecule has 1 aliphatic heterocycles. The Bertz CT molecular complexity index is 537. The van der Waals surface area contributed by atoms with Gasteiger partial charge in [0.05, 0.1) is 10.7 Å². The Morgan fingerprint density at radius 3 is 2.72 bits per heavy atom. The van der Waals surface area contributed by atoms with Crippen molar-refractivity contribution in [2.24, 2.45) is 0 Å². The van der Waals surface area contributed by atoms with E-state index < -0.39 is 17.3 Å². The Labute approximate surface area is 113 Å². The van der Waals surface area contributed by atoms with Gasteiger partial charge < -0.3 is 10.0 Å². The van der Waals surface area contributed by atoms with E-state index in [4.69, 9.17) is 16.7 Å². The summed E-state index contributed by atoms with van der Waals surface area (Å²) in [6.45, 7) is 0.166. The second-order valence-corrected chi connectivity index (χ2v) is 5.06. The van der Waals surface area contributed by atoms with E-state index in [2.05, 4.69) is 12.6 Å². The summed E-state index contributed by atoms with van der Waals surface area (Å²) in [5, 5.41) is 8.73. The van der Waals surface area contributed by atoms with Crippen LogP contribution < -0.4 is 4.90 Å². The molecule has 0 radical (unpaired) electrons. The quantitative estimate of drug-likeness (QED) is 0.821. The molecule has 1 aliphatic rings. The molecule has 0 aromatic heterocycles. The standard InChI is InChI=1S/C11H9ClFNO3S/c12-6-1-2-7(13)10(9(6)11(16)17)14-4-5(18)3-8(14)15/h1-2,5,18H,3-4H2,(H,16,17). The number of benzene rings is 1. The molecule has 1 fully saturated rings. The van der Waals surface area contributed by atoms with Crippen LogP contribution in [0.4, 0.5) is 10.1 Å². The van der Waals surface area contributed by atoms with Crippen LogP contribution in [0.3, 0.4) is 0 Å². The average Bonchev–Trinajstić information content (AvgIpc) is 2.60. The number of carbonyl (C=O) groups excluding carboxylic acids is 1. The lowest BCUT2D eigenvalue weighted by Crippen LogP contribution is -2.28. The summed E-state index contributed by atoms with van der Waals surface area (Å²) in [7, 11) is 0. The van der Waals surface area contributed by atoms with Gasteiger partial charge in [-0.1, -0.05) is 11.6 Å². The zero-order chi connectivity index (χ0) is 13.4. The Balaban J connectivity index is 2.59. The molecule has 0 spiro atoms. The van der Waals surface area contributed by atoms with Crippen molar-refractivity contribution < 1.29 is 19.1 Å². The van der Waals surface area contributed by atoms with Crippen LogP contribution in [0.15, 0.2) is 12.1 Å². The van der Waals surface area contributed by atoms with Gasteiger partial charge in [0.2, 0.25) is 5.91 Å². The second-order valence-electron chi connectivity index (χ2n) is 3.92. The van der Waals surface area contributed by atoms with Crippen molar-refractivity contribution in [3.8, 4) is 0 Å². The fourth-order valence-corrected chi connectivity index (χ4v) is 2.47. The van der Waals surface area contributed by atoms with Crippen molar-refractivity contribution in [3.63, 3.8) is 0 Å².